The van der Waals surface area contributed by atoms with Gasteiger partial charge >= 0.3 is 0 Å². The highest BCUT2D eigenvalue weighted by atomic mass is 14.4. The Labute approximate surface area is 75.4 Å². The number of nitrogens with one attached hydrogen (secondary N) is 2. The highest BCUT2D eigenvalue weighted by Gasteiger charge is 2.24. The van der Waals surface area contributed by atoms with Crippen molar-refractivity contribution in [2.45, 2.75) is 33.1 Å². The standard InChI is InChI=1S/C10H19N2/c1-4-10(5-2,8-12)6-9(3)7-11/h7-9,11-12H,3-6H2,1-2H3. The van der Waals surface area contributed by atoms with Gasteiger partial charge in [0.25, 0.3) is 0 Å². The normalized spacial score (nSPS) is 13.9. The molecule has 2 nitrogen and oxygen atoms in total. The average Bonchev–Trinajstić information content (AvgIpc) is 2.14. The van der Waals surface area contributed by atoms with Crippen molar-refractivity contribution in [1.82, 2.24) is 0 Å². The van der Waals surface area contributed by atoms with Crippen molar-refractivity contribution >= 4 is 12.4 Å². The van der Waals surface area contributed by atoms with Crippen LogP contribution in [-0.4, -0.2) is 12.4 Å². The van der Waals surface area contributed by atoms with Crippen molar-refractivity contribution < 1.29 is 0 Å². The molecule has 0 aromatic carbocycles. The van der Waals surface area contributed by atoms with E-state index in [9.17, 15) is 0 Å². The van der Waals surface area contributed by atoms with Crippen molar-refractivity contribution in [3.63, 3.8) is 0 Å². The highest BCUT2D eigenvalue weighted by molar-refractivity contribution is 5.65. The first-order valence-electron chi connectivity index (χ1n) is 4.49. The molecule has 1 radical (unpaired) electrons. The molecule has 0 aliphatic heterocycles. The second-order valence-electron chi connectivity index (χ2n) is 3.34. The van der Waals surface area contributed by atoms with E-state index < -0.39 is 0 Å². The molecule has 0 saturated carbocycles. The van der Waals surface area contributed by atoms with Crippen molar-refractivity contribution in [1.29, 1.82) is 10.8 Å². The van der Waals surface area contributed by atoms with Gasteiger partial charge in [-0.3, -0.25) is 0 Å². The van der Waals surface area contributed by atoms with Crippen LogP contribution in [0.1, 0.15) is 33.1 Å². The molecule has 0 saturated heterocycles. The maximum absolute atomic E-state index is 7.35. The third-order valence-corrected chi connectivity index (χ3v) is 2.62. The highest BCUT2D eigenvalue weighted by Crippen LogP contribution is 2.30. The lowest BCUT2D eigenvalue weighted by molar-refractivity contribution is 0.349. The van der Waals surface area contributed by atoms with Crippen molar-refractivity contribution in [2.24, 2.45) is 11.3 Å². The van der Waals surface area contributed by atoms with Crippen LogP contribution in [-0.2, 0) is 0 Å². The Hall–Kier alpha value is -0.660. The van der Waals surface area contributed by atoms with E-state index in [0.29, 0.717) is 0 Å². The molecule has 69 valence electrons. The molecule has 1 unspecified atom stereocenters. The van der Waals surface area contributed by atoms with Gasteiger partial charge in [-0.2, -0.15) is 0 Å². The van der Waals surface area contributed by atoms with E-state index in [4.69, 9.17) is 10.8 Å². The maximum Gasteiger partial charge on any atom is 0.00505 e. The fraction of sp³-hybridized carbons (Fsp3) is 0.700. The lowest BCUT2D eigenvalue weighted by Crippen LogP contribution is -2.23. The van der Waals surface area contributed by atoms with E-state index in [0.717, 1.165) is 19.3 Å². The molecule has 0 heterocycles. The van der Waals surface area contributed by atoms with Crippen molar-refractivity contribution in [2.75, 3.05) is 0 Å². The Morgan fingerprint density at radius 3 is 2.08 bits per heavy atom. The fourth-order valence-corrected chi connectivity index (χ4v) is 1.38. The number of hydrogen-bond donors (Lipinski definition) is 2. The Morgan fingerprint density at radius 1 is 1.33 bits per heavy atom. The van der Waals surface area contributed by atoms with Crippen LogP contribution in [0.15, 0.2) is 0 Å². The van der Waals surface area contributed by atoms with Crippen LogP contribution < -0.4 is 0 Å². The summed E-state index contributed by atoms with van der Waals surface area (Å²) in [7, 11) is 0. The third kappa shape index (κ3) is 2.76. The smallest absolute Gasteiger partial charge is 0.00505 e. The van der Waals surface area contributed by atoms with Gasteiger partial charge in [0.05, 0.1) is 0 Å². The van der Waals surface area contributed by atoms with Crippen molar-refractivity contribution in [3.05, 3.63) is 6.92 Å². The van der Waals surface area contributed by atoms with E-state index in [1.165, 1.54) is 12.4 Å². The SMILES string of the molecule is [CH2]C(C=N)CC(C=N)(CC)CC. The fourth-order valence-electron chi connectivity index (χ4n) is 1.38. The molecule has 0 aliphatic rings. The molecule has 0 bridgehead atoms. The van der Waals surface area contributed by atoms with Crippen LogP contribution in [0.5, 0.6) is 0 Å². The van der Waals surface area contributed by atoms with E-state index >= 15 is 0 Å². The molecule has 0 aromatic heterocycles. The largest absolute Gasteiger partial charge is 0.313 e. The molecule has 1 atom stereocenters. The zero-order valence-electron chi connectivity index (χ0n) is 8.06. The van der Waals surface area contributed by atoms with Gasteiger partial charge in [-0.05, 0) is 38.3 Å². The number of hydrogen-bond acceptors (Lipinski definition) is 2. The number of rotatable bonds is 6. The molecule has 0 fully saturated rings. The second kappa shape index (κ2) is 5.07. The third-order valence-electron chi connectivity index (χ3n) is 2.62. The lowest BCUT2D eigenvalue weighted by atomic mass is 9.77. The first-order chi connectivity index (χ1) is 5.64. The zero-order chi connectivity index (χ0) is 9.61. The minimum Gasteiger partial charge on any atom is -0.313 e. The predicted octanol–water partition coefficient (Wildman–Crippen LogP) is 2.93. The van der Waals surface area contributed by atoms with Gasteiger partial charge in [0.15, 0.2) is 0 Å². The first-order valence-corrected chi connectivity index (χ1v) is 4.49. The van der Waals surface area contributed by atoms with Crippen molar-refractivity contribution in [3.8, 4) is 0 Å². The molecule has 12 heavy (non-hydrogen) atoms. The minimum absolute atomic E-state index is 0.0238. The first kappa shape index (κ1) is 11.3. The molecule has 0 rings (SSSR count). The molecule has 0 spiro atoms. The Bertz CT molecular complexity index is 148. The van der Waals surface area contributed by atoms with Crippen LogP contribution >= 0.6 is 0 Å². The Kier molecular flexibility index (Phi) is 4.79. The summed E-state index contributed by atoms with van der Waals surface area (Å²) in [5.74, 6) is 0.0477. The molecule has 0 aromatic rings. The quantitative estimate of drug-likeness (QED) is 0.571. The summed E-state index contributed by atoms with van der Waals surface area (Å²) in [5.41, 5.74) is -0.0238. The molecule has 0 amide bonds. The van der Waals surface area contributed by atoms with Gasteiger partial charge in [-0.15, -0.1) is 0 Å². The summed E-state index contributed by atoms with van der Waals surface area (Å²) < 4.78 is 0. The predicted molar refractivity (Wildman–Crippen MR) is 54.0 cm³/mol. The second-order valence-corrected chi connectivity index (χ2v) is 3.34. The topological polar surface area (TPSA) is 47.7 Å². The molecule has 2 N–H and O–H groups in total. The minimum atomic E-state index is -0.0238. The maximum atomic E-state index is 7.35. The average molecular weight is 167 g/mol. The molecule has 2 heteroatoms. The van der Waals surface area contributed by atoms with Gasteiger partial charge in [0.2, 0.25) is 0 Å². The van der Waals surface area contributed by atoms with E-state index in [1.54, 1.807) is 0 Å². The van der Waals surface area contributed by atoms with Crippen LogP contribution in [0, 0.1) is 29.1 Å². The summed E-state index contributed by atoms with van der Waals surface area (Å²) in [6.07, 6.45) is 5.64. The zero-order valence-corrected chi connectivity index (χ0v) is 8.06. The summed E-state index contributed by atoms with van der Waals surface area (Å²) >= 11 is 0. The van der Waals surface area contributed by atoms with Gasteiger partial charge < -0.3 is 10.8 Å². The lowest BCUT2D eigenvalue weighted by Gasteiger charge is -2.28. The monoisotopic (exact) mass is 167 g/mol. The van der Waals surface area contributed by atoms with Crippen LogP contribution in [0.3, 0.4) is 0 Å². The van der Waals surface area contributed by atoms with E-state index in [2.05, 4.69) is 20.8 Å². The summed E-state index contributed by atoms with van der Waals surface area (Å²) in [6, 6.07) is 0. The van der Waals surface area contributed by atoms with Gasteiger partial charge in [-0.25, -0.2) is 0 Å². The van der Waals surface area contributed by atoms with Crippen LogP contribution in [0.25, 0.3) is 0 Å². The van der Waals surface area contributed by atoms with Gasteiger partial charge in [0, 0.05) is 11.6 Å². The van der Waals surface area contributed by atoms with Crippen LogP contribution in [0.2, 0.25) is 0 Å². The van der Waals surface area contributed by atoms with E-state index in [1.807, 2.05) is 0 Å². The Balaban J connectivity index is 4.28. The molecular formula is C10H19N2. The molecular weight excluding hydrogens is 148 g/mol. The van der Waals surface area contributed by atoms with Gasteiger partial charge in [0.1, 0.15) is 0 Å². The summed E-state index contributed by atoms with van der Waals surface area (Å²) in [6.45, 7) is 8.02. The molecule has 0 aliphatic carbocycles. The Morgan fingerprint density at radius 2 is 1.83 bits per heavy atom. The van der Waals surface area contributed by atoms with Crippen LogP contribution in [0.4, 0.5) is 0 Å². The summed E-state index contributed by atoms with van der Waals surface area (Å²) in [5, 5.41) is 14.4. The van der Waals surface area contributed by atoms with E-state index in [-0.39, 0.29) is 11.3 Å². The summed E-state index contributed by atoms with van der Waals surface area (Å²) in [4.78, 5) is 0. The van der Waals surface area contributed by atoms with Gasteiger partial charge in [-0.1, -0.05) is 13.8 Å².